The number of carbonyl (C=O) groups excluding carboxylic acids is 1. The van der Waals surface area contributed by atoms with Gasteiger partial charge >= 0.3 is 6.18 Å². The van der Waals surface area contributed by atoms with Gasteiger partial charge in [-0.15, -0.1) is 0 Å². The van der Waals surface area contributed by atoms with Gasteiger partial charge in [0.1, 0.15) is 11.3 Å². The van der Waals surface area contributed by atoms with Crippen molar-refractivity contribution in [3.05, 3.63) is 100 Å². The largest absolute Gasteiger partial charge is 0.422 e. The van der Waals surface area contributed by atoms with Gasteiger partial charge in [-0.25, -0.2) is 17.6 Å². The average Bonchev–Trinajstić information content (AvgIpc) is 2.76. The Morgan fingerprint density at radius 1 is 0.818 bits per heavy atom. The zero-order valence-electron chi connectivity index (χ0n) is 17.0. The molecule has 0 fully saturated rings. The van der Waals surface area contributed by atoms with Crippen LogP contribution in [0.3, 0.4) is 0 Å². The second-order valence-electron chi connectivity index (χ2n) is 7.32. The molecule has 1 amide bonds. The van der Waals surface area contributed by atoms with E-state index in [2.05, 4.69) is 0 Å². The lowest BCUT2D eigenvalue weighted by Gasteiger charge is -2.25. The number of hydrogen-bond donors (Lipinski definition) is 2. The van der Waals surface area contributed by atoms with Crippen LogP contribution in [-0.2, 0) is 11.0 Å². The number of alkyl halides is 3. The van der Waals surface area contributed by atoms with Crippen LogP contribution in [0.2, 0.25) is 0 Å². The first-order valence-corrected chi connectivity index (χ1v) is 9.54. The predicted molar refractivity (Wildman–Crippen MR) is 107 cm³/mol. The van der Waals surface area contributed by atoms with E-state index >= 15 is 0 Å². The van der Waals surface area contributed by atoms with Gasteiger partial charge in [-0.2, -0.15) is 13.2 Å². The monoisotopic (exact) mass is 470 g/mol. The molecule has 0 radical (unpaired) electrons. The molecule has 1 unspecified atom stereocenters. The van der Waals surface area contributed by atoms with Crippen molar-refractivity contribution >= 4 is 11.6 Å². The van der Waals surface area contributed by atoms with Crippen LogP contribution in [-0.4, -0.2) is 11.9 Å². The summed E-state index contributed by atoms with van der Waals surface area (Å²) in [5, 5.41) is 1.61. The average molecular weight is 470 g/mol. The van der Waals surface area contributed by atoms with Crippen LogP contribution >= 0.6 is 0 Å². The number of nitrogens with one attached hydrogen (secondary N) is 1. The van der Waals surface area contributed by atoms with Crippen molar-refractivity contribution in [2.75, 3.05) is 5.32 Å². The molecule has 3 aromatic carbocycles. The van der Waals surface area contributed by atoms with E-state index in [-0.39, 0.29) is 0 Å². The highest BCUT2D eigenvalue weighted by Crippen LogP contribution is 2.38. The molecule has 3 aromatic rings. The minimum Gasteiger partial charge on any atom is -0.320 e. The van der Waals surface area contributed by atoms with E-state index in [0.29, 0.717) is 11.1 Å². The Bertz CT molecular complexity index is 1130. The minimum absolute atomic E-state index is 0.551. The summed E-state index contributed by atoms with van der Waals surface area (Å²) in [6.07, 6.45) is -5.70. The molecule has 3 nitrogen and oxygen atoms in total. The number of nitrogens with two attached hydrogens (primary N) is 1. The van der Waals surface area contributed by atoms with Crippen LogP contribution in [0.15, 0.2) is 54.6 Å². The van der Waals surface area contributed by atoms with Crippen molar-refractivity contribution < 1.29 is 35.5 Å². The normalized spacial score (nSPS) is 13.5. The van der Waals surface area contributed by atoms with Crippen LogP contribution < -0.4 is 11.1 Å². The molecule has 2 atom stereocenters. The first-order valence-electron chi connectivity index (χ1n) is 9.54. The summed E-state index contributed by atoms with van der Waals surface area (Å²) in [5.41, 5.74) is 3.64. The third-order valence-electron chi connectivity index (χ3n) is 5.05. The Morgan fingerprint density at radius 2 is 1.30 bits per heavy atom. The van der Waals surface area contributed by atoms with Crippen LogP contribution in [0.1, 0.15) is 28.2 Å². The highest BCUT2D eigenvalue weighted by atomic mass is 19.4. The lowest BCUT2D eigenvalue weighted by Crippen LogP contribution is -2.41. The van der Waals surface area contributed by atoms with E-state index in [4.69, 9.17) is 5.73 Å². The molecule has 0 saturated heterocycles. The highest BCUT2D eigenvalue weighted by Gasteiger charge is 2.43. The van der Waals surface area contributed by atoms with Crippen LogP contribution in [0.25, 0.3) is 0 Å². The second kappa shape index (κ2) is 9.22. The van der Waals surface area contributed by atoms with Crippen molar-refractivity contribution in [2.45, 2.75) is 25.1 Å². The van der Waals surface area contributed by atoms with Gasteiger partial charge < -0.3 is 11.1 Å². The van der Waals surface area contributed by atoms with Crippen molar-refractivity contribution in [3.8, 4) is 0 Å². The summed E-state index contributed by atoms with van der Waals surface area (Å²) in [5.74, 6) is -12.3. The number of amides is 1. The zero-order valence-corrected chi connectivity index (χ0v) is 17.0. The molecule has 0 aliphatic carbocycles. The molecule has 0 spiro atoms. The molecular weight excluding hydrogens is 453 g/mol. The third kappa shape index (κ3) is 4.85. The first kappa shape index (κ1) is 24.2. The van der Waals surface area contributed by atoms with Gasteiger partial charge in [-0.3, -0.25) is 4.79 Å². The second-order valence-corrected chi connectivity index (χ2v) is 7.32. The zero-order chi connectivity index (χ0) is 24.5. The molecule has 0 heterocycles. The number of carbonyl (C=O) groups is 1. The molecule has 0 bridgehead atoms. The summed E-state index contributed by atoms with van der Waals surface area (Å²) < 4.78 is 94.6. The van der Waals surface area contributed by atoms with Crippen molar-refractivity contribution in [1.82, 2.24) is 0 Å². The fourth-order valence-corrected chi connectivity index (χ4v) is 3.39. The van der Waals surface area contributed by atoms with Gasteiger partial charge in [0.2, 0.25) is 5.91 Å². The molecule has 33 heavy (non-hydrogen) atoms. The molecule has 174 valence electrons. The fraction of sp³-hybridized carbons (Fsp3) is 0.174. The lowest BCUT2D eigenvalue weighted by molar-refractivity contribution is -0.143. The van der Waals surface area contributed by atoms with E-state index in [1.165, 1.54) is 0 Å². The first-order chi connectivity index (χ1) is 15.4. The topological polar surface area (TPSA) is 55.1 Å². The Balaban J connectivity index is 2.01. The lowest BCUT2D eigenvalue weighted by atomic mass is 9.84. The Labute approximate surface area is 184 Å². The molecule has 0 aliphatic heterocycles. The van der Waals surface area contributed by atoms with Crippen molar-refractivity contribution in [3.63, 3.8) is 0 Å². The van der Waals surface area contributed by atoms with Gasteiger partial charge in [0.05, 0.1) is 6.04 Å². The molecule has 3 N–H and O–H groups in total. The highest BCUT2D eigenvalue weighted by molar-refractivity contribution is 5.96. The Morgan fingerprint density at radius 3 is 1.79 bits per heavy atom. The molecule has 0 saturated carbocycles. The van der Waals surface area contributed by atoms with Gasteiger partial charge in [0, 0.05) is 5.92 Å². The van der Waals surface area contributed by atoms with Crippen molar-refractivity contribution in [1.29, 1.82) is 0 Å². The predicted octanol–water partition coefficient (Wildman–Crippen LogP) is 5.67. The number of rotatable bonds is 5. The number of halogens is 7. The minimum atomic E-state index is -5.70. The van der Waals surface area contributed by atoms with Gasteiger partial charge in [0.15, 0.2) is 23.3 Å². The summed E-state index contributed by atoms with van der Waals surface area (Å²) in [4.78, 5) is 12.7. The molecule has 10 heteroatoms. The standard InChI is InChI=1S/C23H17F7N2O/c1-11-7-9-13(10-8-11)14(12-5-3-2-4-6-12)20(31)22(33)32-21-18(26)16(24)15(23(28,29)30)17(25)19(21)27/h2-10,14,20H,31H2,1H3,(H,32,33)/t14?,20-/m0/s1. The Kier molecular flexibility index (Phi) is 6.78. The van der Waals surface area contributed by atoms with Crippen LogP contribution in [0, 0.1) is 30.2 Å². The van der Waals surface area contributed by atoms with E-state index in [1.54, 1.807) is 59.9 Å². The Hall–Kier alpha value is -3.40. The number of aryl methyl sites for hydroxylation is 1. The maximum Gasteiger partial charge on any atom is 0.422 e. The summed E-state index contributed by atoms with van der Waals surface area (Å²) in [6.45, 7) is 1.83. The summed E-state index contributed by atoms with van der Waals surface area (Å²) in [7, 11) is 0. The van der Waals surface area contributed by atoms with Gasteiger partial charge in [-0.05, 0) is 18.1 Å². The van der Waals surface area contributed by atoms with E-state index < -0.39 is 58.6 Å². The summed E-state index contributed by atoms with van der Waals surface area (Å²) >= 11 is 0. The van der Waals surface area contributed by atoms with Gasteiger partial charge in [-0.1, -0.05) is 60.2 Å². The van der Waals surface area contributed by atoms with Crippen LogP contribution in [0.5, 0.6) is 0 Å². The maximum atomic E-state index is 14.2. The van der Waals surface area contributed by atoms with Crippen LogP contribution in [0.4, 0.5) is 36.4 Å². The maximum absolute atomic E-state index is 14.2. The SMILES string of the molecule is Cc1ccc(C(c2ccccc2)[C@H](N)C(=O)Nc2c(F)c(F)c(C(F)(F)F)c(F)c2F)cc1. The summed E-state index contributed by atoms with van der Waals surface area (Å²) in [6, 6.07) is 13.7. The number of hydrogen-bond acceptors (Lipinski definition) is 2. The van der Waals surface area contributed by atoms with Crippen molar-refractivity contribution in [2.24, 2.45) is 5.73 Å². The van der Waals surface area contributed by atoms with E-state index in [1.807, 2.05) is 6.92 Å². The third-order valence-corrected chi connectivity index (χ3v) is 5.05. The molecule has 0 aliphatic rings. The molecule has 3 rings (SSSR count). The molecular formula is C23H17F7N2O. The molecule has 0 aromatic heterocycles. The van der Waals surface area contributed by atoms with E-state index in [0.717, 1.165) is 5.56 Å². The fourth-order valence-electron chi connectivity index (χ4n) is 3.39. The smallest absolute Gasteiger partial charge is 0.320 e. The van der Waals surface area contributed by atoms with Gasteiger partial charge in [0.25, 0.3) is 0 Å². The number of benzene rings is 3. The number of anilines is 1. The quantitative estimate of drug-likeness (QED) is 0.373. The van der Waals surface area contributed by atoms with E-state index in [9.17, 15) is 35.5 Å².